The zero-order valence-electron chi connectivity index (χ0n) is 11.2. The molecule has 1 aliphatic rings. The van der Waals surface area contributed by atoms with E-state index in [2.05, 4.69) is 0 Å². The number of carbonyl (C=O) groups excluding carboxylic acids is 1. The largest absolute Gasteiger partial charge is 0.444 e. The van der Waals surface area contributed by atoms with Crippen LogP contribution in [0.2, 0.25) is 0 Å². The van der Waals surface area contributed by atoms with E-state index >= 15 is 0 Å². The van der Waals surface area contributed by atoms with Crippen LogP contribution in [0.1, 0.15) is 40.5 Å². The molecule has 6 nitrogen and oxygen atoms in total. The molecule has 0 radical (unpaired) electrons. The van der Waals surface area contributed by atoms with Gasteiger partial charge in [-0.2, -0.15) is 8.42 Å². The fourth-order valence-corrected chi connectivity index (χ4v) is 3.37. The Kier molecular flexibility index (Phi) is 4.27. The number of rotatable bonds is 1. The first kappa shape index (κ1) is 15.2. The molecule has 0 aromatic carbocycles. The van der Waals surface area contributed by atoms with Crippen LogP contribution < -0.4 is 0 Å². The van der Waals surface area contributed by atoms with Crippen molar-refractivity contribution in [1.29, 1.82) is 0 Å². The highest BCUT2D eigenvalue weighted by Crippen LogP contribution is 2.28. The first-order valence-corrected chi connectivity index (χ1v) is 7.48. The maximum Gasteiger partial charge on any atom is 0.411 e. The Bertz CT molecular complexity index is 412. The SMILES string of the molecule is CC1CCCN(C(=O)OC(C)(C)C)[C@H]1S(=O)(=O)O. The van der Waals surface area contributed by atoms with Gasteiger partial charge in [-0.25, -0.2) is 4.79 Å². The van der Waals surface area contributed by atoms with Crippen molar-refractivity contribution in [3.8, 4) is 0 Å². The molecule has 7 heteroatoms. The van der Waals surface area contributed by atoms with Crippen molar-refractivity contribution in [3.05, 3.63) is 0 Å². The molecule has 1 unspecified atom stereocenters. The third kappa shape index (κ3) is 3.84. The number of hydrogen-bond donors (Lipinski definition) is 1. The van der Waals surface area contributed by atoms with Gasteiger partial charge in [-0.1, -0.05) is 6.92 Å². The van der Waals surface area contributed by atoms with Crippen LogP contribution in [0.5, 0.6) is 0 Å². The van der Waals surface area contributed by atoms with E-state index in [-0.39, 0.29) is 12.5 Å². The van der Waals surface area contributed by atoms with Crippen molar-refractivity contribution in [2.45, 2.75) is 51.5 Å². The summed E-state index contributed by atoms with van der Waals surface area (Å²) in [4.78, 5) is 13.1. The molecule has 0 aliphatic carbocycles. The van der Waals surface area contributed by atoms with Crippen LogP contribution in [-0.2, 0) is 14.9 Å². The van der Waals surface area contributed by atoms with E-state index in [1.807, 2.05) is 0 Å². The third-order valence-corrected chi connectivity index (χ3v) is 4.12. The number of piperidine rings is 1. The predicted molar refractivity (Wildman–Crippen MR) is 66.7 cm³/mol. The number of nitrogens with zero attached hydrogens (tertiary/aromatic N) is 1. The fraction of sp³-hybridized carbons (Fsp3) is 0.909. The predicted octanol–water partition coefficient (Wildman–Crippen LogP) is 1.87. The Morgan fingerprint density at radius 1 is 1.39 bits per heavy atom. The number of likely N-dealkylation sites (tertiary alicyclic amines) is 1. The third-order valence-electron chi connectivity index (χ3n) is 2.79. The molecule has 0 spiro atoms. The molecule has 1 saturated heterocycles. The van der Waals surface area contributed by atoms with Crippen LogP contribution in [-0.4, -0.2) is 41.5 Å². The van der Waals surface area contributed by atoms with Gasteiger partial charge in [-0.3, -0.25) is 9.45 Å². The molecule has 0 aromatic heterocycles. The lowest BCUT2D eigenvalue weighted by molar-refractivity contribution is 0.0114. The number of ether oxygens (including phenoxy) is 1. The normalized spacial score (nSPS) is 25.9. The van der Waals surface area contributed by atoms with Crippen molar-refractivity contribution in [3.63, 3.8) is 0 Å². The number of carbonyl (C=O) groups is 1. The van der Waals surface area contributed by atoms with Crippen LogP contribution in [0.15, 0.2) is 0 Å². The summed E-state index contributed by atoms with van der Waals surface area (Å²) < 4.78 is 37.2. The van der Waals surface area contributed by atoms with Crippen molar-refractivity contribution >= 4 is 16.2 Å². The van der Waals surface area contributed by atoms with E-state index < -0.39 is 27.2 Å². The Labute approximate surface area is 108 Å². The summed E-state index contributed by atoms with van der Waals surface area (Å²) in [5.41, 5.74) is -0.693. The summed E-state index contributed by atoms with van der Waals surface area (Å²) in [7, 11) is -4.30. The molecule has 18 heavy (non-hydrogen) atoms. The number of hydrogen-bond acceptors (Lipinski definition) is 4. The average Bonchev–Trinajstić information content (AvgIpc) is 2.12. The van der Waals surface area contributed by atoms with Crippen LogP contribution in [0.25, 0.3) is 0 Å². The van der Waals surface area contributed by atoms with E-state index in [4.69, 9.17) is 4.74 Å². The van der Waals surface area contributed by atoms with E-state index in [1.54, 1.807) is 27.7 Å². The van der Waals surface area contributed by atoms with E-state index in [0.717, 1.165) is 4.90 Å². The maximum atomic E-state index is 11.9. The summed E-state index contributed by atoms with van der Waals surface area (Å²) in [5.74, 6) is -0.304. The van der Waals surface area contributed by atoms with Crippen molar-refractivity contribution in [2.75, 3.05) is 6.54 Å². The highest BCUT2D eigenvalue weighted by Gasteiger charge is 2.41. The highest BCUT2D eigenvalue weighted by molar-refractivity contribution is 7.86. The lowest BCUT2D eigenvalue weighted by Gasteiger charge is -2.38. The topological polar surface area (TPSA) is 83.9 Å². The van der Waals surface area contributed by atoms with Crippen LogP contribution >= 0.6 is 0 Å². The molecule has 1 aliphatic heterocycles. The molecule has 1 N–H and O–H groups in total. The molecule has 2 atom stereocenters. The summed E-state index contributed by atoms with van der Waals surface area (Å²) >= 11 is 0. The van der Waals surface area contributed by atoms with Gasteiger partial charge in [0.05, 0.1) is 0 Å². The summed E-state index contributed by atoms with van der Waals surface area (Å²) in [6.45, 7) is 7.11. The van der Waals surface area contributed by atoms with Gasteiger partial charge in [0, 0.05) is 6.54 Å². The minimum absolute atomic E-state index is 0.281. The minimum atomic E-state index is -4.30. The van der Waals surface area contributed by atoms with Crippen molar-refractivity contribution in [2.24, 2.45) is 5.92 Å². The van der Waals surface area contributed by atoms with Gasteiger partial charge >= 0.3 is 6.09 Å². The van der Waals surface area contributed by atoms with Gasteiger partial charge < -0.3 is 4.74 Å². The van der Waals surface area contributed by atoms with Crippen molar-refractivity contribution in [1.82, 2.24) is 4.90 Å². The van der Waals surface area contributed by atoms with Gasteiger partial charge in [-0.15, -0.1) is 0 Å². The second-order valence-electron chi connectivity index (χ2n) is 5.70. The Balaban J connectivity index is 2.94. The molecule has 1 fully saturated rings. The Hall–Kier alpha value is -0.820. The molecular formula is C11H21NO5S. The summed E-state index contributed by atoms with van der Waals surface area (Å²) in [5, 5.41) is -1.21. The second kappa shape index (κ2) is 5.05. The zero-order chi connectivity index (χ0) is 14.1. The molecule has 0 aromatic rings. The fourth-order valence-electron chi connectivity index (χ4n) is 2.13. The van der Waals surface area contributed by atoms with Crippen molar-refractivity contribution < 1.29 is 22.5 Å². The van der Waals surface area contributed by atoms with Crippen LogP contribution in [0, 0.1) is 5.92 Å². The summed E-state index contributed by atoms with van der Waals surface area (Å²) in [6, 6.07) is 0. The number of amides is 1. The van der Waals surface area contributed by atoms with E-state index in [1.165, 1.54) is 0 Å². The van der Waals surface area contributed by atoms with Gasteiger partial charge in [0.2, 0.25) is 0 Å². The molecule has 0 bridgehead atoms. The van der Waals surface area contributed by atoms with E-state index in [9.17, 15) is 17.8 Å². The first-order chi connectivity index (χ1) is 8.02. The molecule has 1 amide bonds. The first-order valence-electron chi connectivity index (χ1n) is 5.98. The quantitative estimate of drug-likeness (QED) is 0.741. The van der Waals surface area contributed by atoms with Gasteiger partial charge in [0.25, 0.3) is 10.1 Å². The molecule has 1 rings (SSSR count). The smallest absolute Gasteiger partial charge is 0.411 e. The maximum absolute atomic E-state index is 11.9. The summed E-state index contributed by atoms with van der Waals surface area (Å²) in [6.07, 6.45) is 0.660. The molecule has 106 valence electrons. The zero-order valence-corrected chi connectivity index (χ0v) is 12.0. The van der Waals surface area contributed by atoms with Gasteiger partial charge in [0.15, 0.2) is 5.37 Å². The molecule has 1 heterocycles. The lowest BCUT2D eigenvalue weighted by Crippen LogP contribution is -2.52. The van der Waals surface area contributed by atoms with Gasteiger partial charge in [-0.05, 0) is 39.5 Å². The second-order valence-corrected chi connectivity index (χ2v) is 7.21. The standard InChI is InChI=1S/C11H21NO5S/c1-8-6-5-7-12(9(8)18(14,15)16)10(13)17-11(2,3)4/h8-9H,5-7H2,1-4H3,(H,14,15,16)/t8?,9-/m0/s1. The Morgan fingerprint density at radius 3 is 2.39 bits per heavy atom. The lowest BCUT2D eigenvalue weighted by atomic mass is 10.0. The Morgan fingerprint density at radius 2 is 1.94 bits per heavy atom. The van der Waals surface area contributed by atoms with Gasteiger partial charge in [0.1, 0.15) is 5.60 Å². The molecular weight excluding hydrogens is 258 g/mol. The highest BCUT2D eigenvalue weighted by atomic mass is 32.2. The monoisotopic (exact) mass is 279 g/mol. The van der Waals surface area contributed by atoms with Crippen LogP contribution in [0.4, 0.5) is 4.79 Å². The van der Waals surface area contributed by atoms with Crippen LogP contribution in [0.3, 0.4) is 0 Å². The minimum Gasteiger partial charge on any atom is -0.444 e. The van der Waals surface area contributed by atoms with E-state index in [0.29, 0.717) is 12.8 Å². The molecule has 0 saturated carbocycles. The average molecular weight is 279 g/mol.